The lowest BCUT2D eigenvalue weighted by Gasteiger charge is -2.36. The topological polar surface area (TPSA) is 73.7 Å². The predicted octanol–water partition coefficient (Wildman–Crippen LogP) is 3.50. The number of piperidine rings is 2. The molecule has 0 spiro atoms. The van der Waals surface area contributed by atoms with E-state index in [1.54, 1.807) is 6.20 Å². The number of rotatable bonds is 4. The van der Waals surface area contributed by atoms with Crippen LogP contribution in [0.4, 0.5) is 0 Å². The molecule has 0 bridgehead atoms. The Labute approximate surface area is 179 Å². The van der Waals surface area contributed by atoms with Crippen molar-refractivity contribution in [2.45, 2.75) is 82.1 Å². The maximum absolute atomic E-state index is 12.7. The monoisotopic (exact) mass is 413 g/mol. The highest BCUT2D eigenvalue weighted by Gasteiger charge is 2.34. The van der Waals surface area contributed by atoms with Crippen molar-refractivity contribution in [2.24, 2.45) is 0 Å². The summed E-state index contributed by atoms with van der Waals surface area (Å²) in [6, 6.07) is 3.90. The molecule has 1 aromatic heterocycles. The van der Waals surface area contributed by atoms with Gasteiger partial charge in [0.1, 0.15) is 0 Å². The summed E-state index contributed by atoms with van der Waals surface area (Å²) >= 11 is 0. The summed E-state index contributed by atoms with van der Waals surface area (Å²) in [6.45, 7) is 3.13. The molecule has 1 aliphatic carbocycles. The van der Waals surface area contributed by atoms with Crippen molar-refractivity contribution in [3.8, 4) is 0 Å². The van der Waals surface area contributed by atoms with Crippen LogP contribution in [0.25, 0.3) is 0 Å². The first kappa shape index (κ1) is 21.3. The van der Waals surface area contributed by atoms with Crippen LogP contribution in [0.3, 0.4) is 0 Å². The molecule has 0 aromatic carbocycles. The first-order valence-corrected chi connectivity index (χ1v) is 11.8. The molecule has 0 unspecified atom stereocenters. The van der Waals surface area contributed by atoms with E-state index in [1.807, 2.05) is 21.9 Å². The lowest BCUT2D eigenvalue weighted by molar-refractivity contribution is -0.138. The lowest BCUT2D eigenvalue weighted by atomic mass is 9.82. The molecule has 1 aromatic rings. The van der Waals surface area contributed by atoms with Crippen molar-refractivity contribution in [1.82, 2.24) is 14.8 Å². The van der Waals surface area contributed by atoms with Gasteiger partial charge in [0.2, 0.25) is 5.91 Å². The Morgan fingerprint density at radius 2 is 1.60 bits per heavy atom. The van der Waals surface area contributed by atoms with Gasteiger partial charge in [0.25, 0.3) is 5.91 Å². The van der Waals surface area contributed by atoms with Crippen LogP contribution in [0.5, 0.6) is 0 Å². The fourth-order valence-electron chi connectivity index (χ4n) is 5.26. The van der Waals surface area contributed by atoms with Gasteiger partial charge in [-0.3, -0.25) is 14.6 Å². The van der Waals surface area contributed by atoms with Gasteiger partial charge in [-0.2, -0.15) is 0 Å². The number of aliphatic hydroxyl groups is 1. The largest absolute Gasteiger partial charge is 0.389 e. The molecule has 0 radical (unpaired) electrons. The molecule has 1 N–H and O–H groups in total. The van der Waals surface area contributed by atoms with Crippen LogP contribution in [-0.2, 0) is 4.79 Å². The van der Waals surface area contributed by atoms with Gasteiger partial charge >= 0.3 is 0 Å². The van der Waals surface area contributed by atoms with E-state index in [4.69, 9.17) is 0 Å². The number of pyridine rings is 1. The number of hydrogen-bond donors (Lipinski definition) is 1. The molecule has 4 rings (SSSR count). The second kappa shape index (κ2) is 9.46. The molecule has 1 saturated carbocycles. The summed E-state index contributed by atoms with van der Waals surface area (Å²) in [5, 5.41) is 10.7. The van der Waals surface area contributed by atoms with Crippen molar-refractivity contribution in [3.05, 3.63) is 29.6 Å². The molecular formula is C24H35N3O3. The molecule has 6 heteroatoms. The maximum Gasteiger partial charge on any atom is 0.255 e. The van der Waals surface area contributed by atoms with E-state index in [9.17, 15) is 14.7 Å². The zero-order valence-corrected chi connectivity index (χ0v) is 18.0. The van der Waals surface area contributed by atoms with Gasteiger partial charge in [0.15, 0.2) is 0 Å². The molecule has 6 nitrogen and oxygen atoms in total. The normalized spacial score (nSPS) is 22.7. The SMILES string of the molecule is O=C(CC1(O)CCCCC1)N1CCC(c2ccc(C(=O)N3CCCCC3)cn2)CC1. The van der Waals surface area contributed by atoms with Crippen LogP contribution in [0.2, 0.25) is 0 Å². The smallest absolute Gasteiger partial charge is 0.255 e. The number of aromatic nitrogens is 1. The predicted molar refractivity (Wildman–Crippen MR) is 115 cm³/mol. The third-order valence-corrected chi connectivity index (χ3v) is 7.21. The maximum atomic E-state index is 12.7. The Hall–Kier alpha value is -1.95. The van der Waals surface area contributed by atoms with Crippen LogP contribution in [-0.4, -0.2) is 63.5 Å². The molecule has 2 saturated heterocycles. The number of nitrogens with zero attached hydrogens (tertiary/aromatic N) is 3. The van der Waals surface area contributed by atoms with Crippen molar-refractivity contribution in [3.63, 3.8) is 0 Å². The number of carbonyl (C=O) groups excluding carboxylic acids is 2. The van der Waals surface area contributed by atoms with E-state index < -0.39 is 5.60 Å². The van der Waals surface area contributed by atoms with Gasteiger partial charge in [-0.15, -0.1) is 0 Å². The summed E-state index contributed by atoms with van der Waals surface area (Å²) < 4.78 is 0. The third-order valence-electron chi connectivity index (χ3n) is 7.21. The first-order chi connectivity index (χ1) is 14.5. The van der Waals surface area contributed by atoms with Crippen LogP contribution >= 0.6 is 0 Å². The fourth-order valence-corrected chi connectivity index (χ4v) is 5.26. The number of carbonyl (C=O) groups is 2. The van der Waals surface area contributed by atoms with Gasteiger partial charge in [0, 0.05) is 44.0 Å². The summed E-state index contributed by atoms with van der Waals surface area (Å²) in [7, 11) is 0. The second-order valence-electron chi connectivity index (χ2n) is 9.44. The number of likely N-dealkylation sites (tertiary alicyclic amines) is 2. The number of amides is 2. The third kappa shape index (κ3) is 5.02. The molecule has 3 heterocycles. The van der Waals surface area contributed by atoms with Gasteiger partial charge in [0.05, 0.1) is 17.6 Å². The standard InChI is InChI=1S/C24H35N3O3/c28-22(17-24(30)11-3-1-4-12-24)26-15-9-19(10-16-26)21-8-7-20(18-25-21)23(29)27-13-5-2-6-14-27/h7-8,18-19,30H,1-6,9-17H2. The van der Waals surface area contributed by atoms with Crippen molar-refractivity contribution in [1.29, 1.82) is 0 Å². The average molecular weight is 414 g/mol. The molecule has 3 aliphatic rings. The van der Waals surface area contributed by atoms with Gasteiger partial charge in [-0.1, -0.05) is 19.3 Å². The van der Waals surface area contributed by atoms with Crippen LogP contribution < -0.4 is 0 Å². The summed E-state index contributed by atoms with van der Waals surface area (Å²) in [5.41, 5.74) is 0.905. The van der Waals surface area contributed by atoms with Crippen LogP contribution in [0, 0.1) is 0 Å². The average Bonchev–Trinajstić information content (AvgIpc) is 2.79. The Balaban J connectivity index is 1.28. The number of hydrogen-bond acceptors (Lipinski definition) is 4. The van der Waals surface area contributed by atoms with Crippen molar-refractivity contribution in [2.75, 3.05) is 26.2 Å². The van der Waals surface area contributed by atoms with E-state index in [2.05, 4.69) is 4.98 Å². The van der Waals surface area contributed by atoms with Crippen molar-refractivity contribution >= 4 is 11.8 Å². The van der Waals surface area contributed by atoms with Gasteiger partial charge in [-0.05, 0) is 57.1 Å². The summed E-state index contributed by atoms with van der Waals surface area (Å²) in [6.07, 6.45) is 11.9. The highest BCUT2D eigenvalue weighted by molar-refractivity contribution is 5.94. The summed E-state index contributed by atoms with van der Waals surface area (Å²) in [5.74, 6) is 0.508. The minimum absolute atomic E-state index is 0.0910. The van der Waals surface area contributed by atoms with Crippen LogP contribution in [0.1, 0.15) is 92.6 Å². The summed E-state index contributed by atoms with van der Waals surface area (Å²) in [4.78, 5) is 33.8. The highest BCUT2D eigenvalue weighted by atomic mass is 16.3. The van der Waals surface area contributed by atoms with E-state index in [0.717, 1.165) is 89.7 Å². The molecule has 30 heavy (non-hydrogen) atoms. The molecule has 0 atom stereocenters. The zero-order chi connectivity index (χ0) is 21.0. The molecular weight excluding hydrogens is 378 g/mol. The van der Waals surface area contributed by atoms with E-state index >= 15 is 0 Å². The quantitative estimate of drug-likeness (QED) is 0.820. The highest BCUT2D eigenvalue weighted by Crippen LogP contribution is 2.33. The van der Waals surface area contributed by atoms with Crippen molar-refractivity contribution < 1.29 is 14.7 Å². The molecule has 2 aliphatic heterocycles. The van der Waals surface area contributed by atoms with Gasteiger partial charge in [-0.25, -0.2) is 0 Å². The Morgan fingerprint density at radius 3 is 2.23 bits per heavy atom. The van der Waals surface area contributed by atoms with E-state index in [1.165, 1.54) is 6.42 Å². The van der Waals surface area contributed by atoms with Crippen LogP contribution in [0.15, 0.2) is 18.3 Å². The van der Waals surface area contributed by atoms with Gasteiger partial charge < -0.3 is 14.9 Å². The molecule has 2 amide bonds. The molecule has 164 valence electrons. The Kier molecular flexibility index (Phi) is 6.71. The van der Waals surface area contributed by atoms with E-state index in [-0.39, 0.29) is 18.2 Å². The van der Waals surface area contributed by atoms with E-state index in [0.29, 0.717) is 11.5 Å². The molecule has 3 fully saturated rings. The second-order valence-corrected chi connectivity index (χ2v) is 9.44. The minimum atomic E-state index is -0.787. The Bertz CT molecular complexity index is 729. The zero-order valence-electron chi connectivity index (χ0n) is 18.0. The fraction of sp³-hybridized carbons (Fsp3) is 0.708. The lowest BCUT2D eigenvalue weighted by Crippen LogP contribution is -2.43. The first-order valence-electron chi connectivity index (χ1n) is 11.8. The minimum Gasteiger partial charge on any atom is -0.389 e. The Morgan fingerprint density at radius 1 is 0.933 bits per heavy atom.